The number of hydrogen-bond acceptors (Lipinski definition) is 3. The van der Waals surface area contributed by atoms with Crippen LogP contribution in [0.5, 0.6) is 0 Å². The predicted molar refractivity (Wildman–Crippen MR) is 59.8 cm³/mol. The van der Waals surface area contributed by atoms with Gasteiger partial charge < -0.3 is 15.7 Å². The number of amides is 1. The van der Waals surface area contributed by atoms with Gasteiger partial charge in [-0.2, -0.15) is 0 Å². The molecule has 1 amide bonds. The van der Waals surface area contributed by atoms with Crippen LogP contribution in [0.4, 0.5) is 0 Å². The van der Waals surface area contributed by atoms with Crippen LogP contribution in [0.3, 0.4) is 0 Å². The summed E-state index contributed by atoms with van der Waals surface area (Å²) in [6.07, 6.45) is 1.40. The number of nitrogens with zero attached hydrogens (tertiary/aromatic N) is 1. The molecule has 1 saturated heterocycles. The van der Waals surface area contributed by atoms with Crippen LogP contribution in [0.1, 0.15) is 33.1 Å². The number of carboxylic acids is 1. The summed E-state index contributed by atoms with van der Waals surface area (Å²) in [4.78, 5) is 24.5. The van der Waals surface area contributed by atoms with Gasteiger partial charge in [0.1, 0.15) is 0 Å². The Balaban J connectivity index is 2.64. The van der Waals surface area contributed by atoms with Crippen molar-refractivity contribution in [1.82, 2.24) is 4.90 Å². The fourth-order valence-corrected chi connectivity index (χ4v) is 2.10. The van der Waals surface area contributed by atoms with Crippen LogP contribution in [-0.4, -0.2) is 41.0 Å². The van der Waals surface area contributed by atoms with E-state index in [2.05, 4.69) is 0 Å². The molecule has 0 aromatic carbocycles. The van der Waals surface area contributed by atoms with Crippen molar-refractivity contribution in [2.24, 2.45) is 11.1 Å². The summed E-state index contributed by atoms with van der Waals surface area (Å²) in [6.45, 7) is 4.49. The second-order valence-corrected chi connectivity index (χ2v) is 4.69. The number of likely N-dealkylation sites (tertiary alicyclic amines) is 1. The molecule has 5 nitrogen and oxygen atoms in total. The zero-order valence-corrected chi connectivity index (χ0v) is 9.90. The van der Waals surface area contributed by atoms with Crippen molar-refractivity contribution >= 4 is 11.9 Å². The van der Waals surface area contributed by atoms with E-state index in [4.69, 9.17) is 5.73 Å². The van der Waals surface area contributed by atoms with Crippen molar-refractivity contribution < 1.29 is 14.7 Å². The van der Waals surface area contributed by atoms with E-state index in [1.54, 1.807) is 11.8 Å². The Morgan fingerprint density at radius 3 is 2.56 bits per heavy atom. The standard InChI is InChI=1S/C11H20N2O3/c1-3-11(10(15)16)4-5-13(7-11)9(14)6-8(2)12/h8H,3-7,12H2,1-2H3,(H,15,16). The van der Waals surface area contributed by atoms with Crippen LogP contribution in [0, 0.1) is 5.41 Å². The lowest BCUT2D eigenvalue weighted by molar-refractivity contribution is -0.148. The van der Waals surface area contributed by atoms with Gasteiger partial charge in [0.05, 0.1) is 5.41 Å². The van der Waals surface area contributed by atoms with Gasteiger partial charge >= 0.3 is 5.97 Å². The van der Waals surface area contributed by atoms with E-state index in [9.17, 15) is 14.7 Å². The maximum atomic E-state index is 11.7. The van der Waals surface area contributed by atoms with E-state index in [1.165, 1.54) is 0 Å². The highest BCUT2D eigenvalue weighted by Gasteiger charge is 2.44. The molecular weight excluding hydrogens is 208 g/mol. The summed E-state index contributed by atoms with van der Waals surface area (Å²) in [5.41, 5.74) is 4.81. The summed E-state index contributed by atoms with van der Waals surface area (Å²) in [5.74, 6) is -0.835. The summed E-state index contributed by atoms with van der Waals surface area (Å²) in [7, 11) is 0. The second kappa shape index (κ2) is 4.82. The van der Waals surface area contributed by atoms with Crippen molar-refractivity contribution in [2.45, 2.75) is 39.2 Å². The van der Waals surface area contributed by atoms with E-state index < -0.39 is 11.4 Å². The quantitative estimate of drug-likeness (QED) is 0.731. The minimum atomic E-state index is -0.800. The number of carbonyl (C=O) groups is 2. The fraction of sp³-hybridized carbons (Fsp3) is 0.818. The van der Waals surface area contributed by atoms with E-state index in [0.29, 0.717) is 32.4 Å². The van der Waals surface area contributed by atoms with E-state index in [-0.39, 0.29) is 11.9 Å². The Labute approximate surface area is 95.6 Å². The van der Waals surface area contributed by atoms with Gasteiger partial charge in [-0.25, -0.2) is 0 Å². The average molecular weight is 228 g/mol. The largest absolute Gasteiger partial charge is 0.481 e. The highest BCUT2D eigenvalue weighted by molar-refractivity contribution is 5.81. The lowest BCUT2D eigenvalue weighted by Crippen LogP contribution is -2.38. The molecule has 0 radical (unpaired) electrons. The molecule has 2 unspecified atom stereocenters. The molecule has 16 heavy (non-hydrogen) atoms. The second-order valence-electron chi connectivity index (χ2n) is 4.69. The maximum absolute atomic E-state index is 11.7. The molecule has 92 valence electrons. The Hall–Kier alpha value is -1.10. The molecule has 1 aliphatic heterocycles. The smallest absolute Gasteiger partial charge is 0.311 e. The summed E-state index contributed by atoms with van der Waals surface area (Å²) in [6, 6.07) is -0.172. The third-order valence-electron chi connectivity index (χ3n) is 3.33. The first kappa shape index (κ1) is 13.0. The van der Waals surface area contributed by atoms with Crippen LogP contribution in [0.15, 0.2) is 0 Å². The molecule has 1 aliphatic rings. The first-order valence-electron chi connectivity index (χ1n) is 5.68. The normalized spacial score (nSPS) is 26.8. The van der Waals surface area contributed by atoms with Gasteiger partial charge in [-0.05, 0) is 19.8 Å². The van der Waals surface area contributed by atoms with Crippen LogP contribution in [0.2, 0.25) is 0 Å². The monoisotopic (exact) mass is 228 g/mol. The van der Waals surface area contributed by atoms with Gasteiger partial charge in [0.25, 0.3) is 0 Å². The van der Waals surface area contributed by atoms with Crippen molar-refractivity contribution in [3.8, 4) is 0 Å². The fourth-order valence-electron chi connectivity index (χ4n) is 2.10. The molecule has 0 aromatic heterocycles. The summed E-state index contributed by atoms with van der Waals surface area (Å²) >= 11 is 0. The number of carboxylic acid groups (broad SMARTS) is 1. The van der Waals surface area contributed by atoms with Crippen molar-refractivity contribution in [2.75, 3.05) is 13.1 Å². The molecule has 1 rings (SSSR count). The molecule has 5 heteroatoms. The van der Waals surface area contributed by atoms with Gasteiger partial charge in [0, 0.05) is 25.6 Å². The van der Waals surface area contributed by atoms with Crippen LogP contribution < -0.4 is 5.73 Å². The van der Waals surface area contributed by atoms with Crippen molar-refractivity contribution in [3.63, 3.8) is 0 Å². The molecule has 1 fully saturated rings. The molecule has 0 bridgehead atoms. The van der Waals surface area contributed by atoms with Gasteiger partial charge in [0.2, 0.25) is 5.91 Å². The van der Waals surface area contributed by atoms with Gasteiger partial charge in [-0.3, -0.25) is 9.59 Å². The van der Waals surface area contributed by atoms with Gasteiger partial charge in [0.15, 0.2) is 0 Å². The molecule has 1 heterocycles. The molecule has 0 saturated carbocycles. The number of hydrogen-bond donors (Lipinski definition) is 2. The third-order valence-corrected chi connectivity index (χ3v) is 3.33. The molecule has 3 N–H and O–H groups in total. The zero-order chi connectivity index (χ0) is 12.3. The lowest BCUT2D eigenvalue weighted by Gasteiger charge is -2.23. The van der Waals surface area contributed by atoms with Crippen LogP contribution in [-0.2, 0) is 9.59 Å². The number of rotatable bonds is 4. The van der Waals surface area contributed by atoms with Gasteiger partial charge in [-0.15, -0.1) is 0 Å². The number of aliphatic carboxylic acids is 1. The SMILES string of the molecule is CCC1(C(=O)O)CCN(C(=O)CC(C)N)C1. The average Bonchev–Trinajstić information content (AvgIpc) is 2.61. The lowest BCUT2D eigenvalue weighted by atomic mass is 9.84. The molecule has 0 spiro atoms. The van der Waals surface area contributed by atoms with Crippen LogP contribution in [0.25, 0.3) is 0 Å². The predicted octanol–water partition coefficient (Wildman–Crippen LogP) is 0.437. The Bertz CT molecular complexity index is 291. The third kappa shape index (κ3) is 2.52. The Kier molecular flexibility index (Phi) is 3.91. The van der Waals surface area contributed by atoms with E-state index >= 15 is 0 Å². The minimum absolute atomic E-state index is 0.0356. The topological polar surface area (TPSA) is 83.6 Å². The molecule has 0 aliphatic carbocycles. The molecule has 2 atom stereocenters. The summed E-state index contributed by atoms with van der Waals surface area (Å²) < 4.78 is 0. The minimum Gasteiger partial charge on any atom is -0.481 e. The first-order chi connectivity index (χ1) is 7.41. The Morgan fingerprint density at radius 2 is 2.19 bits per heavy atom. The molecule has 0 aromatic rings. The van der Waals surface area contributed by atoms with Crippen molar-refractivity contribution in [1.29, 1.82) is 0 Å². The Morgan fingerprint density at radius 1 is 1.56 bits per heavy atom. The van der Waals surface area contributed by atoms with E-state index in [1.807, 2.05) is 6.92 Å². The highest BCUT2D eigenvalue weighted by atomic mass is 16.4. The van der Waals surface area contributed by atoms with Crippen LogP contribution >= 0.6 is 0 Å². The number of nitrogens with two attached hydrogens (primary N) is 1. The highest BCUT2D eigenvalue weighted by Crippen LogP contribution is 2.34. The maximum Gasteiger partial charge on any atom is 0.311 e. The molecular formula is C11H20N2O3. The summed E-state index contributed by atoms with van der Waals surface area (Å²) in [5, 5.41) is 9.18. The van der Waals surface area contributed by atoms with E-state index in [0.717, 1.165) is 0 Å². The zero-order valence-electron chi connectivity index (χ0n) is 9.90. The first-order valence-corrected chi connectivity index (χ1v) is 5.68. The van der Waals surface area contributed by atoms with Gasteiger partial charge in [-0.1, -0.05) is 6.92 Å². The van der Waals surface area contributed by atoms with Crippen molar-refractivity contribution in [3.05, 3.63) is 0 Å². The number of carbonyl (C=O) groups excluding carboxylic acids is 1.